The molecule has 1 saturated heterocycles. The number of benzene rings is 2. The van der Waals surface area contributed by atoms with Gasteiger partial charge in [-0.05, 0) is 54.2 Å². The topological polar surface area (TPSA) is 174 Å². The SMILES string of the molecule is CCCCCOC(=O)OCN(c1nc(-c2ncccn2)nc(OCCOC2OC2CCCC)c1Oc1ccccc1OC)S(=O)(=O)c1ccc(C(C)(C)C)cc1. The van der Waals surface area contributed by atoms with Crippen molar-refractivity contribution in [3.05, 3.63) is 72.6 Å². The average Bonchev–Trinajstić information content (AvgIpc) is 3.96. The van der Waals surface area contributed by atoms with Crippen molar-refractivity contribution in [2.24, 2.45) is 0 Å². The quantitative estimate of drug-likeness (QED) is 0.0345. The van der Waals surface area contributed by atoms with Gasteiger partial charge in [-0.15, -0.1) is 0 Å². The monoisotopic (exact) mass is 793 g/mol. The summed E-state index contributed by atoms with van der Waals surface area (Å²) in [6, 6.07) is 14.8. The van der Waals surface area contributed by atoms with Crippen molar-refractivity contribution in [1.29, 1.82) is 0 Å². The molecule has 2 aromatic heterocycles. The lowest BCUT2D eigenvalue weighted by Crippen LogP contribution is -2.36. The zero-order chi connectivity index (χ0) is 40.1. The number of nitrogens with zero attached hydrogens (tertiary/aromatic N) is 5. The van der Waals surface area contributed by atoms with E-state index >= 15 is 0 Å². The third-order valence-electron chi connectivity index (χ3n) is 8.66. The fraction of sp³-hybridized carbons (Fsp3) is 0.475. The summed E-state index contributed by atoms with van der Waals surface area (Å²) in [6.45, 7) is 9.53. The smallest absolute Gasteiger partial charge is 0.493 e. The number of carbonyl (C=O) groups excluding carboxylic acids is 1. The maximum Gasteiger partial charge on any atom is 0.510 e. The molecule has 2 unspecified atom stereocenters. The molecule has 0 aliphatic carbocycles. The average molecular weight is 794 g/mol. The zero-order valence-corrected chi connectivity index (χ0v) is 33.6. The molecule has 16 heteroatoms. The molecule has 5 rings (SSSR count). The van der Waals surface area contributed by atoms with E-state index in [2.05, 4.69) is 26.9 Å². The number of methoxy groups -OCH3 is 1. The summed E-state index contributed by atoms with van der Waals surface area (Å²) in [4.78, 5) is 30.6. The van der Waals surface area contributed by atoms with Crippen LogP contribution in [-0.4, -0.2) is 80.6 Å². The standard InChI is InChI=1S/C40H51N5O10S/c1-7-9-13-24-52-39(46)53-27-45(56(47,48)29-20-18-28(19-21-29)40(3,4)5)36-33(54-31-17-12-11-16-30(31)49-6)37(44-35(43-36)34-41-22-14-23-42-34)50-25-26-51-38-32(55-38)15-10-8-2/h11-12,14,16-23,32,38H,7-10,13,15,24-27H2,1-6H3. The van der Waals surface area contributed by atoms with Crippen molar-refractivity contribution >= 4 is 22.0 Å². The highest BCUT2D eigenvalue weighted by atomic mass is 32.2. The lowest BCUT2D eigenvalue weighted by molar-refractivity contribution is 0.0311. The van der Waals surface area contributed by atoms with Gasteiger partial charge in [0.1, 0.15) is 12.7 Å². The molecule has 0 amide bonds. The molecule has 0 N–H and O–H groups in total. The molecule has 0 radical (unpaired) electrons. The summed E-state index contributed by atoms with van der Waals surface area (Å²) < 4.78 is 70.8. The van der Waals surface area contributed by atoms with E-state index in [0.29, 0.717) is 12.2 Å². The number of ether oxygens (including phenoxy) is 7. The number of sulfonamides is 1. The highest BCUT2D eigenvalue weighted by Crippen LogP contribution is 2.44. The molecule has 1 fully saturated rings. The molecule has 15 nitrogen and oxygen atoms in total. The second-order valence-electron chi connectivity index (χ2n) is 13.9. The Balaban J connectivity index is 1.62. The van der Waals surface area contributed by atoms with E-state index < -0.39 is 22.9 Å². The van der Waals surface area contributed by atoms with E-state index in [9.17, 15) is 13.2 Å². The van der Waals surface area contributed by atoms with E-state index in [-0.39, 0.29) is 77.4 Å². The van der Waals surface area contributed by atoms with Crippen LogP contribution in [0.25, 0.3) is 11.6 Å². The van der Waals surface area contributed by atoms with E-state index in [0.717, 1.165) is 42.0 Å². The summed E-state index contributed by atoms with van der Waals surface area (Å²) in [7, 11) is -3.10. The zero-order valence-electron chi connectivity index (χ0n) is 32.8. The first-order valence-corrected chi connectivity index (χ1v) is 20.2. The minimum Gasteiger partial charge on any atom is -0.493 e. The van der Waals surface area contributed by atoms with E-state index in [1.807, 2.05) is 27.7 Å². The van der Waals surface area contributed by atoms with Gasteiger partial charge in [0.25, 0.3) is 15.9 Å². The summed E-state index contributed by atoms with van der Waals surface area (Å²) in [5, 5.41) is 0. The molecule has 3 heterocycles. The van der Waals surface area contributed by atoms with Crippen molar-refractivity contribution in [1.82, 2.24) is 19.9 Å². The minimum atomic E-state index is -4.57. The predicted octanol–water partition coefficient (Wildman–Crippen LogP) is 7.84. The molecule has 302 valence electrons. The van der Waals surface area contributed by atoms with Gasteiger partial charge in [-0.1, -0.05) is 84.6 Å². The number of para-hydroxylation sites is 2. The Morgan fingerprint density at radius 3 is 2.23 bits per heavy atom. The lowest BCUT2D eigenvalue weighted by atomic mass is 9.87. The van der Waals surface area contributed by atoms with Crippen LogP contribution in [0.15, 0.2) is 71.9 Å². The summed E-state index contributed by atoms with van der Waals surface area (Å²) >= 11 is 0. The molecular formula is C40H51N5O10S. The maximum atomic E-state index is 14.8. The summed E-state index contributed by atoms with van der Waals surface area (Å²) in [5.41, 5.74) is 0.657. The van der Waals surface area contributed by atoms with Crippen LogP contribution < -0.4 is 18.5 Å². The van der Waals surface area contributed by atoms with Crippen LogP contribution in [0.3, 0.4) is 0 Å². The van der Waals surface area contributed by atoms with Crippen LogP contribution in [0.5, 0.6) is 23.1 Å². The fourth-order valence-corrected chi connectivity index (χ4v) is 6.72. The van der Waals surface area contributed by atoms with Crippen molar-refractivity contribution < 1.29 is 46.4 Å². The molecule has 0 saturated carbocycles. The van der Waals surface area contributed by atoms with Crippen molar-refractivity contribution in [2.75, 3.05) is 38.0 Å². The van der Waals surface area contributed by atoms with Crippen LogP contribution in [0, 0.1) is 0 Å². The number of anilines is 1. The number of unbranched alkanes of at least 4 members (excludes halogenated alkanes) is 3. The first kappa shape index (κ1) is 42.1. The van der Waals surface area contributed by atoms with Crippen LogP contribution >= 0.6 is 0 Å². The molecule has 0 spiro atoms. The summed E-state index contributed by atoms with van der Waals surface area (Å²) in [5.74, 6) is -0.257. The predicted molar refractivity (Wildman–Crippen MR) is 207 cm³/mol. The van der Waals surface area contributed by atoms with E-state index in [1.54, 1.807) is 42.5 Å². The second kappa shape index (κ2) is 19.7. The lowest BCUT2D eigenvalue weighted by Gasteiger charge is -2.26. The Morgan fingerprint density at radius 1 is 0.839 bits per heavy atom. The van der Waals surface area contributed by atoms with Gasteiger partial charge >= 0.3 is 6.16 Å². The Bertz CT molecular complexity index is 1980. The molecule has 4 aromatic rings. The van der Waals surface area contributed by atoms with Gasteiger partial charge in [-0.3, -0.25) is 0 Å². The highest BCUT2D eigenvalue weighted by molar-refractivity contribution is 7.92. The molecule has 56 heavy (non-hydrogen) atoms. The summed E-state index contributed by atoms with van der Waals surface area (Å²) in [6.07, 6.45) is 6.96. The van der Waals surface area contributed by atoms with Crippen LogP contribution in [0.1, 0.15) is 78.7 Å². The highest BCUT2D eigenvalue weighted by Gasteiger charge is 2.39. The molecule has 1 aliphatic heterocycles. The fourth-order valence-electron chi connectivity index (χ4n) is 5.45. The number of epoxide rings is 1. The second-order valence-corrected chi connectivity index (χ2v) is 15.8. The van der Waals surface area contributed by atoms with Crippen LogP contribution in [-0.2, 0) is 34.4 Å². The van der Waals surface area contributed by atoms with Gasteiger partial charge in [0.15, 0.2) is 36.2 Å². The van der Waals surface area contributed by atoms with Gasteiger partial charge in [0.2, 0.25) is 11.6 Å². The number of hydrogen-bond donors (Lipinski definition) is 0. The van der Waals surface area contributed by atoms with E-state index in [4.69, 9.17) is 33.2 Å². The van der Waals surface area contributed by atoms with Crippen LogP contribution in [0.4, 0.5) is 10.6 Å². The number of aromatic nitrogens is 4. The van der Waals surface area contributed by atoms with E-state index in [1.165, 1.54) is 31.6 Å². The molecular weight excluding hydrogens is 743 g/mol. The third-order valence-corrected chi connectivity index (χ3v) is 10.4. The van der Waals surface area contributed by atoms with Crippen molar-refractivity contribution in [2.45, 2.75) is 95.8 Å². The van der Waals surface area contributed by atoms with Gasteiger partial charge in [-0.2, -0.15) is 4.98 Å². The van der Waals surface area contributed by atoms with Gasteiger partial charge in [0, 0.05) is 12.4 Å². The Labute approximate surface area is 328 Å². The van der Waals surface area contributed by atoms with Gasteiger partial charge in [0.05, 0.1) is 25.2 Å². The minimum absolute atomic E-state index is 0.0291. The molecule has 0 bridgehead atoms. The van der Waals surface area contributed by atoms with Crippen LogP contribution in [0.2, 0.25) is 0 Å². The molecule has 2 atom stereocenters. The first-order chi connectivity index (χ1) is 27.0. The Kier molecular flexibility index (Phi) is 14.8. The number of hydrogen-bond acceptors (Lipinski definition) is 14. The number of carbonyl (C=O) groups is 1. The maximum absolute atomic E-state index is 14.8. The molecule has 1 aliphatic rings. The largest absolute Gasteiger partial charge is 0.510 e. The normalized spacial score (nSPS) is 15.2. The van der Waals surface area contributed by atoms with Crippen molar-refractivity contribution in [3.8, 4) is 34.8 Å². The Hall–Kier alpha value is -5.06. The third kappa shape index (κ3) is 11.3. The van der Waals surface area contributed by atoms with Gasteiger partial charge < -0.3 is 33.2 Å². The Morgan fingerprint density at radius 2 is 1.55 bits per heavy atom. The van der Waals surface area contributed by atoms with Crippen molar-refractivity contribution in [3.63, 3.8) is 0 Å². The molecule has 2 aromatic carbocycles. The number of rotatable bonds is 21. The first-order valence-electron chi connectivity index (χ1n) is 18.8. The van der Waals surface area contributed by atoms with Gasteiger partial charge in [-0.25, -0.2) is 32.5 Å².